The van der Waals surface area contributed by atoms with Crippen LogP contribution in [0.2, 0.25) is 0 Å². The molecule has 2 aliphatic heterocycles. The van der Waals surface area contributed by atoms with Crippen molar-refractivity contribution in [3.63, 3.8) is 0 Å². The average molecular weight is 339 g/mol. The summed E-state index contributed by atoms with van der Waals surface area (Å²) in [5.74, 6) is 0.0331. The molecule has 0 unspecified atom stereocenters. The first-order valence-electron chi connectivity index (χ1n) is 7.23. The third kappa shape index (κ3) is 2.58. The van der Waals surface area contributed by atoms with E-state index < -0.39 is 0 Å². The van der Waals surface area contributed by atoms with Crippen LogP contribution in [0.4, 0.5) is 0 Å². The molecule has 0 bridgehead atoms. The number of carbonyl (C=O) groups excluding carboxylic acids is 1. The van der Waals surface area contributed by atoms with Gasteiger partial charge in [0.05, 0.1) is 5.03 Å². The Labute approximate surface area is 139 Å². The minimum absolute atomic E-state index is 0.0331. The molecule has 0 spiro atoms. The minimum Gasteiger partial charge on any atom is -0.338 e. The lowest BCUT2D eigenvalue weighted by Crippen LogP contribution is -2.29. The summed E-state index contributed by atoms with van der Waals surface area (Å²) in [5.41, 5.74) is 1.43. The first-order valence-corrected chi connectivity index (χ1v) is 9.27. The van der Waals surface area contributed by atoms with Crippen LogP contribution in [0.1, 0.15) is 32.6 Å². The summed E-state index contributed by atoms with van der Waals surface area (Å²) in [6.07, 6.45) is 6.51. The molecule has 0 aromatic heterocycles. The number of hydrogen-bond donors (Lipinski definition) is 0. The number of hydrogen-bond acceptors (Lipinski definition) is 5. The molecule has 1 fully saturated rings. The Morgan fingerprint density at radius 2 is 2.05 bits per heavy atom. The molecule has 0 saturated carbocycles. The molecule has 3 aliphatic rings. The molecule has 112 valence electrons. The molecule has 0 radical (unpaired) electrons. The normalized spacial score (nSPS) is 26.0. The third-order valence-corrected chi connectivity index (χ3v) is 6.72. The van der Waals surface area contributed by atoms with Gasteiger partial charge in [-0.2, -0.15) is 0 Å². The van der Waals surface area contributed by atoms with E-state index >= 15 is 0 Å². The quantitative estimate of drug-likeness (QED) is 0.439. The van der Waals surface area contributed by atoms with Gasteiger partial charge >= 0.3 is 0 Å². The van der Waals surface area contributed by atoms with Gasteiger partial charge in [-0.3, -0.25) is 9.69 Å². The first kappa shape index (κ1) is 15.2. The van der Waals surface area contributed by atoms with Crippen LogP contribution in [0.25, 0.3) is 0 Å². The molecule has 2 heterocycles. The zero-order chi connectivity index (χ0) is 15.0. The van der Waals surface area contributed by atoms with E-state index in [1.54, 1.807) is 22.7 Å². The van der Waals surface area contributed by atoms with Crippen molar-refractivity contribution >= 4 is 46.0 Å². The van der Waals surface area contributed by atoms with Crippen molar-refractivity contribution < 1.29 is 4.79 Å². The van der Waals surface area contributed by atoms with Crippen molar-refractivity contribution in [2.75, 3.05) is 13.1 Å². The fourth-order valence-electron chi connectivity index (χ4n) is 2.87. The van der Waals surface area contributed by atoms with Gasteiger partial charge in [0, 0.05) is 23.7 Å². The Morgan fingerprint density at radius 1 is 1.29 bits per heavy atom. The van der Waals surface area contributed by atoms with E-state index in [9.17, 15) is 4.79 Å². The number of amides is 1. The van der Waals surface area contributed by atoms with Crippen molar-refractivity contribution in [2.45, 2.75) is 32.6 Å². The predicted octanol–water partition coefficient (Wildman–Crippen LogP) is 4.06. The predicted molar refractivity (Wildman–Crippen MR) is 94.6 cm³/mol. The fourth-order valence-corrected chi connectivity index (χ4v) is 5.70. The fraction of sp³-hybridized carbons (Fsp3) is 0.467. The van der Waals surface area contributed by atoms with Crippen molar-refractivity contribution in [3.05, 3.63) is 33.2 Å². The molecule has 3 rings (SSSR count). The van der Waals surface area contributed by atoms with Crippen molar-refractivity contribution in [2.24, 2.45) is 0 Å². The highest BCUT2D eigenvalue weighted by molar-refractivity contribution is 8.27. The van der Waals surface area contributed by atoms with Crippen LogP contribution in [-0.2, 0) is 4.79 Å². The number of thioether (sulfide) groups is 2. The lowest BCUT2D eigenvalue weighted by Gasteiger charge is -2.23. The zero-order valence-electron chi connectivity index (χ0n) is 12.1. The number of nitrogens with zero attached hydrogens (tertiary/aromatic N) is 2. The van der Waals surface area contributed by atoms with Crippen molar-refractivity contribution in [1.29, 1.82) is 0 Å². The molecule has 3 nitrogen and oxygen atoms in total. The smallest absolute Gasteiger partial charge is 0.269 e. The molecule has 6 heteroatoms. The maximum atomic E-state index is 12.6. The second-order valence-corrected chi connectivity index (χ2v) is 7.86. The molecule has 1 amide bonds. The van der Waals surface area contributed by atoms with Crippen LogP contribution in [0.3, 0.4) is 0 Å². The van der Waals surface area contributed by atoms with Gasteiger partial charge in [-0.1, -0.05) is 41.8 Å². The maximum Gasteiger partial charge on any atom is 0.269 e. The lowest BCUT2D eigenvalue weighted by molar-refractivity contribution is -0.121. The molecule has 0 aromatic rings. The van der Waals surface area contributed by atoms with Crippen LogP contribution in [0.15, 0.2) is 33.2 Å². The molecule has 1 aliphatic carbocycles. The highest BCUT2D eigenvalue weighted by Gasteiger charge is 2.39. The summed E-state index contributed by atoms with van der Waals surface area (Å²) in [4.78, 5) is 18.8. The van der Waals surface area contributed by atoms with Crippen LogP contribution in [0, 0.1) is 0 Å². The monoisotopic (exact) mass is 338 g/mol. The number of allylic oxidation sites excluding steroid dienone is 2. The van der Waals surface area contributed by atoms with E-state index in [4.69, 9.17) is 12.2 Å². The maximum absolute atomic E-state index is 12.6. The summed E-state index contributed by atoms with van der Waals surface area (Å²) in [5, 5.41) is 1.09. The van der Waals surface area contributed by atoms with Crippen molar-refractivity contribution in [1.82, 2.24) is 9.80 Å². The Bertz CT molecular complexity index is 579. The van der Waals surface area contributed by atoms with E-state index in [1.165, 1.54) is 35.2 Å². The van der Waals surface area contributed by atoms with Crippen LogP contribution in [-0.4, -0.2) is 33.1 Å². The highest BCUT2D eigenvalue weighted by Crippen LogP contribution is 2.51. The third-order valence-electron chi connectivity index (χ3n) is 3.85. The average Bonchev–Trinajstić information content (AvgIpc) is 2.99. The highest BCUT2D eigenvalue weighted by atomic mass is 32.2. The Balaban J connectivity index is 1.95. The topological polar surface area (TPSA) is 23.6 Å². The van der Waals surface area contributed by atoms with Gasteiger partial charge in [-0.15, -0.1) is 6.58 Å². The van der Waals surface area contributed by atoms with E-state index in [2.05, 4.69) is 18.4 Å². The van der Waals surface area contributed by atoms with Gasteiger partial charge in [0.25, 0.3) is 5.91 Å². The minimum atomic E-state index is 0.0331. The second kappa shape index (κ2) is 6.18. The van der Waals surface area contributed by atoms with Crippen LogP contribution in [0.5, 0.6) is 0 Å². The van der Waals surface area contributed by atoms with Gasteiger partial charge < -0.3 is 4.90 Å². The first-order chi connectivity index (χ1) is 10.2. The van der Waals surface area contributed by atoms with Gasteiger partial charge in [0.15, 0.2) is 0 Å². The molecule has 0 aromatic carbocycles. The van der Waals surface area contributed by atoms with E-state index in [-0.39, 0.29) is 5.91 Å². The molecule has 0 N–H and O–H groups in total. The summed E-state index contributed by atoms with van der Waals surface area (Å²) >= 11 is 8.56. The second-order valence-electron chi connectivity index (χ2n) is 5.13. The summed E-state index contributed by atoms with van der Waals surface area (Å²) in [6, 6.07) is 0. The van der Waals surface area contributed by atoms with Crippen molar-refractivity contribution in [3.8, 4) is 0 Å². The largest absolute Gasteiger partial charge is 0.338 e. The lowest BCUT2D eigenvalue weighted by atomic mass is 10.0. The number of thiocarbonyl (C=S) groups is 1. The summed E-state index contributed by atoms with van der Waals surface area (Å²) < 4.78 is 0.643. The van der Waals surface area contributed by atoms with E-state index in [0.29, 0.717) is 10.9 Å². The number of rotatable bonds is 3. The summed E-state index contributed by atoms with van der Waals surface area (Å²) in [6.45, 7) is 7.25. The Morgan fingerprint density at radius 3 is 2.76 bits per heavy atom. The standard InChI is InChI=1S/C15H18N2OS3/c1-3-9-17-13(18)12(21-15(17)19)14-16(4-2)10-7-5-6-8-11(10)20-14/h3H,1,4-9H2,2H3/b14-12+. The van der Waals surface area contributed by atoms with Gasteiger partial charge in [-0.05, 0) is 32.6 Å². The van der Waals surface area contributed by atoms with Crippen LogP contribution < -0.4 is 0 Å². The van der Waals surface area contributed by atoms with E-state index in [1.807, 2.05) is 0 Å². The Hall–Kier alpha value is -0.720. The van der Waals surface area contributed by atoms with Gasteiger partial charge in [0.1, 0.15) is 9.23 Å². The van der Waals surface area contributed by atoms with Crippen LogP contribution >= 0.6 is 35.7 Å². The molecular weight excluding hydrogens is 320 g/mol. The molecule has 0 atom stereocenters. The number of carbonyl (C=O) groups is 1. The summed E-state index contributed by atoms with van der Waals surface area (Å²) in [7, 11) is 0. The zero-order valence-corrected chi connectivity index (χ0v) is 14.5. The molecule has 1 saturated heterocycles. The van der Waals surface area contributed by atoms with E-state index in [0.717, 1.165) is 29.3 Å². The molecular formula is C15H18N2OS3. The Kier molecular flexibility index (Phi) is 4.47. The molecule has 21 heavy (non-hydrogen) atoms. The van der Waals surface area contributed by atoms with Gasteiger partial charge in [0.2, 0.25) is 0 Å². The SMILES string of the molecule is C=CCN1C(=O)/C(=C2\SC3=C(CCCC3)N2CC)SC1=S. The van der Waals surface area contributed by atoms with Gasteiger partial charge in [-0.25, -0.2) is 0 Å².